The molecule has 0 aliphatic rings. The van der Waals surface area contributed by atoms with E-state index in [2.05, 4.69) is 33.1 Å². The van der Waals surface area contributed by atoms with Gasteiger partial charge in [0.05, 0.1) is 6.61 Å². The number of guanidine groups is 1. The number of ether oxygens (including phenoxy) is 1. The van der Waals surface area contributed by atoms with E-state index in [-0.39, 0.29) is 5.82 Å². The molecule has 140 valence electrons. The van der Waals surface area contributed by atoms with E-state index in [1.54, 1.807) is 26.3 Å². The highest BCUT2D eigenvalue weighted by atomic mass is 19.1. The van der Waals surface area contributed by atoms with Crippen molar-refractivity contribution in [3.63, 3.8) is 0 Å². The van der Waals surface area contributed by atoms with Crippen molar-refractivity contribution in [1.82, 2.24) is 10.6 Å². The molecule has 0 heterocycles. The highest BCUT2D eigenvalue weighted by molar-refractivity contribution is 5.79. The summed E-state index contributed by atoms with van der Waals surface area (Å²) < 4.78 is 18.2. The third-order valence-electron chi connectivity index (χ3n) is 3.87. The van der Waals surface area contributed by atoms with Crippen LogP contribution < -0.4 is 16.0 Å². The highest BCUT2D eigenvalue weighted by Crippen LogP contribution is 2.09. The molecule has 0 bridgehead atoms. The first-order chi connectivity index (χ1) is 12.7. The lowest BCUT2D eigenvalue weighted by molar-refractivity contribution is 0.211. The summed E-state index contributed by atoms with van der Waals surface area (Å²) in [6, 6.07) is 14.9. The molecule has 0 fully saturated rings. The Morgan fingerprint density at radius 3 is 2.54 bits per heavy atom. The van der Waals surface area contributed by atoms with Crippen LogP contribution in [0, 0.1) is 5.82 Å². The fourth-order valence-electron chi connectivity index (χ4n) is 2.46. The molecular formula is C20H27FN4O. The van der Waals surface area contributed by atoms with Crippen molar-refractivity contribution in [3.05, 3.63) is 65.5 Å². The lowest BCUT2D eigenvalue weighted by Crippen LogP contribution is -2.37. The molecule has 26 heavy (non-hydrogen) atoms. The molecule has 0 atom stereocenters. The number of hydrogen-bond acceptors (Lipinski definition) is 3. The summed E-state index contributed by atoms with van der Waals surface area (Å²) in [6.45, 7) is 2.83. The fraction of sp³-hybridized carbons (Fsp3) is 0.350. The van der Waals surface area contributed by atoms with Gasteiger partial charge in [-0.05, 0) is 41.8 Å². The molecule has 0 unspecified atom stereocenters. The van der Waals surface area contributed by atoms with Gasteiger partial charge in [0.1, 0.15) is 5.82 Å². The van der Waals surface area contributed by atoms with Crippen molar-refractivity contribution < 1.29 is 9.13 Å². The topological polar surface area (TPSA) is 57.7 Å². The lowest BCUT2D eigenvalue weighted by atomic mass is 10.1. The number of halogens is 1. The van der Waals surface area contributed by atoms with E-state index in [4.69, 9.17) is 4.74 Å². The Bertz CT molecular complexity index is 688. The minimum Gasteiger partial charge on any atom is -0.383 e. The quantitative estimate of drug-likeness (QED) is 0.367. The Morgan fingerprint density at radius 1 is 1.04 bits per heavy atom. The van der Waals surface area contributed by atoms with Gasteiger partial charge in [0.15, 0.2) is 5.96 Å². The first-order valence-corrected chi connectivity index (χ1v) is 8.72. The number of rotatable bonds is 9. The van der Waals surface area contributed by atoms with Crippen molar-refractivity contribution in [2.75, 3.05) is 39.2 Å². The largest absolute Gasteiger partial charge is 0.383 e. The molecule has 2 aromatic carbocycles. The van der Waals surface area contributed by atoms with Crippen LogP contribution in [0.3, 0.4) is 0 Å². The van der Waals surface area contributed by atoms with Crippen molar-refractivity contribution >= 4 is 11.6 Å². The zero-order valence-electron chi connectivity index (χ0n) is 15.4. The molecule has 0 aliphatic carbocycles. The molecule has 0 spiro atoms. The molecule has 5 nitrogen and oxygen atoms in total. The maximum atomic E-state index is 13.2. The molecule has 0 radical (unpaired) electrons. The van der Waals surface area contributed by atoms with E-state index in [9.17, 15) is 4.39 Å². The Hall–Kier alpha value is -2.60. The van der Waals surface area contributed by atoms with E-state index >= 15 is 0 Å². The van der Waals surface area contributed by atoms with Crippen LogP contribution in [0.25, 0.3) is 0 Å². The first-order valence-electron chi connectivity index (χ1n) is 8.72. The van der Waals surface area contributed by atoms with Gasteiger partial charge in [0.2, 0.25) is 0 Å². The summed E-state index contributed by atoms with van der Waals surface area (Å²) in [4.78, 5) is 4.21. The minimum atomic E-state index is -0.204. The average molecular weight is 358 g/mol. The second-order valence-electron chi connectivity index (χ2n) is 5.85. The molecule has 0 aliphatic heterocycles. The molecule has 0 saturated heterocycles. The molecular weight excluding hydrogens is 331 g/mol. The Kier molecular flexibility index (Phi) is 8.42. The van der Waals surface area contributed by atoms with Crippen LogP contribution in [0.1, 0.15) is 11.1 Å². The van der Waals surface area contributed by atoms with Crippen LogP contribution in [0.2, 0.25) is 0 Å². The number of anilines is 1. The van der Waals surface area contributed by atoms with E-state index in [1.807, 2.05) is 18.2 Å². The zero-order valence-corrected chi connectivity index (χ0v) is 15.4. The number of hydrogen-bond donors (Lipinski definition) is 3. The van der Waals surface area contributed by atoms with Gasteiger partial charge in [0, 0.05) is 39.5 Å². The Labute approximate surface area is 154 Å². The van der Waals surface area contributed by atoms with Gasteiger partial charge in [-0.2, -0.15) is 0 Å². The van der Waals surface area contributed by atoms with E-state index in [0.29, 0.717) is 19.7 Å². The number of benzene rings is 2. The summed E-state index contributed by atoms with van der Waals surface area (Å²) in [5.41, 5.74) is 3.20. The normalized spacial score (nSPS) is 11.3. The van der Waals surface area contributed by atoms with Crippen LogP contribution in [0.4, 0.5) is 10.1 Å². The van der Waals surface area contributed by atoms with E-state index in [0.717, 1.165) is 35.7 Å². The predicted molar refractivity (Wildman–Crippen MR) is 105 cm³/mol. The summed E-state index contributed by atoms with van der Waals surface area (Å²) in [7, 11) is 3.43. The van der Waals surface area contributed by atoms with Crippen LogP contribution in [-0.2, 0) is 17.7 Å². The van der Waals surface area contributed by atoms with Gasteiger partial charge in [-0.25, -0.2) is 4.39 Å². The zero-order chi connectivity index (χ0) is 18.6. The van der Waals surface area contributed by atoms with Gasteiger partial charge >= 0.3 is 0 Å². The Balaban J connectivity index is 1.72. The van der Waals surface area contributed by atoms with Crippen molar-refractivity contribution in [2.45, 2.75) is 13.0 Å². The third kappa shape index (κ3) is 7.11. The second kappa shape index (κ2) is 11.1. The summed E-state index contributed by atoms with van der Waals surface area (Å²) in [5, 5.41) is 9.81. The average Bonchev–Trinajstić information content (AvgIpc) is 2.66. The molecule has 3 N–H and O–H groups in total. The third-order valence-corrected chi connectivity index (χ3v) is 3.87. The van der Waals surface area contributed by atoms with Gasteiger partial charge in [0.25, 0.3) is 0 Å². The monoisotopic (exact) mass is 358 g/mol. The van der Waals surface area contributed by atoms with E-state index < -0.39 is 0 Å². The Morgan fingerprint density at radius 2 is 1.85 bits per heavy atom. The van der Waals surface area contributed by atoms with Crippen LogP contribution in [0.5, 0.6) is 0 Å². The molecule has 0 amide bonds. The predicted octanol–water partition coefficient (Wildman–Crippen LogP) is 2.79. The molecule has 0 aromatic heterocycles. The van der Waals surface area contributed by atoms with Crippen molar-refractivity contribution in [3.8, 4) is 0 Å². The van der Waals surface area contributed by atoms with Gasteiger partial charge in [-0.3, -0.25) is 4.99 Å². The minimum absolute atomic E-state index is 0.204. The smallest absolute Gasteiger partial charge is 0.191 e. The SMILES string of the molecule is CN=C(NCCc1cccc(F)c1)NCc1ccc(NCCOC)cc1. The highest BCUT2D eigenvalue weighted by Gasteiger charge is 2.00. The molecule has 6 heteroatoms. The maximum Gasteiger partial charge on any atom is 0.191 e. The van der Waals surface area contributed by atoms with Gasteiger partial charge in [-0.1, -0.05) is 24.3 Å². The maximum absolute atomic E-state index is 13.2. The van der Waals surface area contributed by atoms with Crippen LogP contribution >= 0.6 is 0 Å². The summed E-state index contributed by atoms with van der Waals surface area (Å²) in [6.07, 6.45) is 0.736. The first kappa shape index (κ1) is 19.7. The number of aliphatic imine (C=N–C) groups is 1. The summed E-state index contributed by atoms with van der Waals surface area (Å²) in [5.74, 6) is 0.522. The van der Waals surface area contributed by atoms with Crippen molar-refractivity contribution in [1.29, 1.82) is 0 Å². The second-order valence-corrected chi connectivity index (χ2v) is 5.85. The lowest BCUT2D eigenvalue weighted by Gasteiger charge is -2.12. The molecule has 2 rings (SSSR count). The van der Waals surface area contributed by atoms with Gasteiger partial charge < -0.3 is 20.7 Å². The number of nitrogens with zero attached hydrogens (tertiary/aromatic N) is 1. The standard InChI is InChI=1S/C20H27FN4O/c1-22-20(24-11-10-16-4-3-5-18(21)14-16)25-15-17-6-8-19(9-7-17)23-12-13-26-2/h3-9,14,23H,10-13,15H2,1-2H3,(H2,22,24,25). The fourth-order valence-corrected chi connectivity index (χ4v) is 2.46. The molecule has 0 saturated carbocycles. The number of nitrogens with one attached hydrogen (secondary N) is 3. The summed E-state index contributed by atoms with van der Waals surface area (Å²) >= 11 is 0. The van der Waals surface area contributed by atoms with Crippen LogP contribution in [0.15, 0.2) is 53.5 Å². The van der Waals surface area contributed by atoms with Gasteiger partial charge in [-0.15, -0.1) is 0 Å². The van der Waals surface area contributed by atoms with E-state index in [1.165, 1.54) is 6.07 Å². The molecule has 2 aromatic rings. The van der Waals surface area contributed by atoms with Crippen molar-refractivity contribution in [2.24, 2.45) is 4.99 Å². The van der Waals surface area contributed by atoms with Crippen LogP contribution in [-0.4, -0.2) is 39.8 Å². The number of methoxy groups -OCH3 is 1.